The van der Waals surface area contributed by atoms with Crippen LogP contribution >= 0.6 is 0 Å². The van der Waals surface area contributed by atoms with E-state index < -0.39 is 0 Å². The summed E-state index contributed by atoms with van der Waals surface area (Å²) in [5.41, 5.74) is 4.11. The van der Waals surface area contributed by atoms with E-state index in [0.717, 1.165) is 36.1 Å². The molecule has 5 rings (SSSR count). The first kappa shape index (κ1) is 17.1. The standard InChI is InChI=1S/C22H23N5O/c1-22(12-4-5-13-24-22)21-25-20(26-28-21)17-10-8-16(9-11-17)14-27-15-23-18-6-2-3-7-19(18)27/h2-3,6-11,15,24H,4-5,12-14H2,1H3. The van der Waals surface area contributed by atoms with E-state index in [9.17, 15) is 0 Å². The summed E-state index contributed by atoms with van der Waals surface area (Å²) in [6, 6.07) is 16.5. The lowest BCUT2D eigenvalue weighted by molar-refractivity contribution is 0.207. The van der Waals surface area contributed by atoms with Gasteiger partial charge in [0.15, 0.2) is 0 Å². The van der Waals surface area contributed by atoms with Gasteiger partial charge < -0.3 is 14.4 Å². The van der Waals surface area contributed by atoms with Gasteiger partial charge >= 0.3 is 0 Å². The van der Waals surface area contributed by atoms with Crippen molar-refractivity contribution in [3.05, 3.63) is 66.3 Å². The van der Waals surface area contributed by atoms with Gasteiger partial charge in [0.25, 0.3) is 0 Å². The Hall–Kier alpha value is -2.99. The SMILES string of the molecule is CC1(c2nc(-c3ccc(Cn4cnc5ccccc54)cc3)no2)CCCCN1. The molecule has 1 fully saturated rings. The number of nitrogens with one attached hydrogen (secondary N) is 1. The van der Waals surface area contributed by atoms with Crippen molar-refractivity contribution in [3.8, 4) is 11.4 Å². The van der Waals surface area contributed by atoms with Gasteiger partial charge in [-0.3, -0.25) is 0 Å². The second-order valence-electron chi connectivity index (χ2n) is 7.70. The van der Waals surface area contributed by atoms with E-state index in [0.29, 0.717) is 11.7 Å². The van der Waals surface area contributed by atoms with Crippen molar-refractivity contribution in [2.45, 2.75) is 38.3 Å². The monoisotopic (exact) mass is 373 g/mol. The second kappa shape index (κ2) is 6.87. The maximum Gasteiger partial charge on any atom is 0.246 e. The highest BCUT2D eigenvalue weighted by atomic mass is 16.5. The van der Waals surface area contributed by atoms with Gasteiger partial charge in [-0.15, -0.1) is 0 Å². The predicted octanol–water partition coefficient (Wildman–Crippen LogP) is 4.12. The van der Waals surface area contributed by atoms with Gasteiger partial charge in [0.1, 0.15) is 0 Å². The summed E-state index contributed by atoms with van der Waals surface area (Å²) in [4.78, 5) is 9.12. The summed E-state index contributed by atoms with van der Waals surface area (Å²) in [5.74, 6) is 1.32. The van der Waals surface area contributed by atoms with Crippen molar-refractivity contribution in [1.82, 2.24) is 25.0 Å². The fourth-order valence-corrected chi connectivity index (χ4v) is 3.90. The molecule has 0 radical (unpaired) electrons. The van der Waals surface area contributed by atoms with Crippen molar-refractivity contribution >= 4 is 11.0 Å². The number of para-hydroxylation sites is 2. The summed E-state index contributed by atoms with van der Waals surface area (Å²) in [7, 11) is 0. The predicted molar refractivity (Wildman–Crippen MR) is 108 cm³/mol. The van der Waals surface area contributed by atoms with Gasteiger partial charge in [0.2, 0.25) is 11.7 Å². The van der Waals surface area contributed by atoms with Gasteiger partial charge in [0, 0.05) is 12.1 Å². The topological polar surface area (TPSA) is 68.8 Å². The molecule has 0 aliphatic carbocycles. The Morgan fingerprint density at radius 3 is 2.79 bits per heavy atom. The number of imidazole rings is 1. The van der Waals surface area contributed by atoms with E-state index in [-0.39, 0.29) is 5.54 Å². The van der Waals surface area contributed by atoms with Crippen molar-refractivity contribution in [3.63, 3.8) is 0 Å². The molecule has 1 aliphatic heterocycles. The van der Waals surface area contributed by atoms with Crippen LogP contribution in [0.15, 0.2) is 59.4 Å². The minimum atomic E-state index is -0.216. The van der Waals surface area contributed by atoms with Crippen molar-refractivity contribution in [2.75, 3.05) is 6.54 Å². The zero-order valence-electron chi connectivity index (χ0n) is 15.9. The molecule has 2 aromatic heterocycles. The van der Waals surface area contributed by atoms with Gasteiger partial charge in [-0.25, -0.2) is 4.98 Å². The van der Waals surface area contributed by atoms with Crippen LogP contribution < -0.4 is 5.32 Å². The molecular weight excluding hydrogens is 350 g/mol. The maximum atomic E-state index is 5.59. The highest BCUT2D eigenvalue weighted by Crippen LogP contribution is 2.30. The van der Waals surface area contributed by atoms with Crippen LogP contribution in [0.4, 0.5) is 0 Å². The molecule has 1 saturated heterocycles. The summed E-state index contributed by atoms with van der Waals surface area (Å²) in [5, 5.41) is 7.73. The Morgan fingerprint density at radius 1 is 1.11 bits per heavy atom. The van der Waals surface area contributed by atoms with Crippen LogP contribution in [0.3, 0.4) is 0 Å². The minimum absolute atomic E-state index is 0.216. The molecule has 1 N–H and O–H groups in total. The fraction of sp³-hybridized carbons (Fsp3) is 0.318. The summed E-state index contributed by atoms with van der Waals surface area (Å²) < 4.78 is 7.75. The fourth-order valence-electron chi connectivity index (χ4n) is 3.90. The van der Waals surface area contributed by atoms with E-state index in [1.54, 1.807) is 0 Å². The average molecular weight is 373 g/mol. The first-order valence-electron chi connectivity index (χ1n) is 9.80. The van der Waals surface area contributed by atoms with Crippen molar-refractivity contribution < 1.29 is 4.52 Å². The Labute approximate surface area is 163 Å². The Bertz CT molecular complexity index is 1090. The molecular formula is C22H23N5O. The third-order valence-corrected chi connectivity index (χ3v) is 5.61. The molecule has 142 valence electrons. The van der Waals surface area contributed by atoms with Gasteiger partial charge in [-0.05, 0) is 50.4 Å². The summed E-state index contributed by atoms with van der Waals surface area (Å²) in [6.45, 7) is 3.91. The molecule has 1 atom stereocenters. The Balaban J connectivity index is 1.35. The van der Waals surface area contributed by atoms with Gasteiger partial charge in [-0.1, -0.05) is 41.6 Å². The number of benzene rings is 2. The summed E-state index contributed by atoms with van der Waals surface area (Å²) in [6.07, 6.45) is 5.29. The molecule has 3 heterocycles. The lowest BCUT2D eigenvalue weighted by Crippen LogP contribution is -2.43. The van der Waals surface area contributed by atoms with Crippen LogP contribution in [0, 0.1) is 0 Å². The van der Waals surface area contributed by atoms with Crippen LogP contribution in [-0.4, -0.2) is 26.2 Å². The molecule has 1 unspecified atom stereocenters. The molecule has 0 bridgehead atoms. The Kier molecular flexibility index (Phi) is 4.20. The van der Waals surface area contributed by atoms with Gasteiger partial charge in [0.05, 0.1) is 22.9 Å². The van der Waals surface area contributed by atoms with E-state index in [2.05, 4.69) is 62.3 Å². The van der Waals surface area contributed by atoms with Gasteiger partial charge in [-0.2, -0.15) is 4.98 Å². The average Bonchev–Trinajstić information content (AvgIpc) is 3.38. The highest BCUT2D eigenvalue weighted by Gasteiger charge is 2.34. The quantitative estimate of drug-likeness (QED) is 0.583. The zero-order chi connectivity index (χ0) is 19.0. The zero-order valence-corrected chi connectivity index (χ0v) is 15.9. The number of piperidine rings is 1. The number of fused-ring (bicyclic) bond motifs is 1. The van der Waals surface area contributed by atoms with Crippen LogP contribution in [-0.2, 0) is 12.1 Å². The minimum Gasteiger partial charge on any atom is -0.337 e. The molecule has 1 aliphatic rings. The number of hydrogen-bond acceptors (Lipinski definition) is 5. The molecule has 2 aromatic carbocycles. The molecule has 6 nitrogen and oxygen atoms in total. The van der Waals surface area contributed by atoms with Crippen LogP contribution in [0.1, 0.15) is 37.6 Å². The third kappa shape index (κ3) is 3.10. The molecule has 4 aromatic rings. The van der Waals surface area contributed by atoms with Crippen molar-refractivity contribution in [2.24, 2.45) is 0 Å². The largest absolute Gasteiger partial charge is 0.337 e. The highest BCUT2D eigenvalue weighted by molar-refractivity contribution is 5.75. The lowest BCUT2D eigenvalue weighted by atomic mass is 9.91. The van der Waals surface area contributed by atoms with E-state index in [1.165, 1.54) is 18.4 Å². The molecule has 6 heteroatoms. The number of rotatable bonds is 4. The van der Waals surface area contributed by atoms with E-state index in [4.69, 9.17) is 4.52 Å². The second-order valence-corrected chi connectivity index (χ2v) is 7.70. The van der Waals surface area contributed by atoms with Crippen LogP contribution in [0.2, 0.25) is 0 Å². The van der Waals surface area contributed by atoms with Crippen molar-refractivity contribution in [1.29, 1.82) is 0 Å². The number of aromatic nitrogens is 4. The smallest absolute Gasteiger partial charge is 0.246 e. The number of hydrogen-bond donors (Lipinski definition) is 1. The maximum absolute atomic E-state index is 5.59. The van der Waals surface area contributed by atoms with Crippen LogP contribution in [0.25, 0.3) is 22.4 Å². The molecule has 28 heavy (non-hydrogen) atoms. The first-order chi connectivity index (χ1) is 13.7. The van der Waals surface area contributed by atoms with E-state index in [1.807, 2.05) is 24.5 Å². The summed E-state index contributed by atoms with van der Waals surface area (Å²) >= 11 is 0. The normalized spacial score (nSPS) is 19.9. The number of nitrogens with zero attached hydrogens (tertiary/aromatic N) is 4. The lowest BCUT2D eigenvalue weighted by Gasteiger charge is -2.31. The third-order valence-electron chi connectivity index (χ3n) is 5.61. The molecule has 0 saturated carbocycles. The van der Waals surface area contributed by atoms with E-state index >= 15 is 0 Å². The first-order valence-corrected chi connectivity index (χ1v) is 9.80. The molecule has 0 spiro atoms. The molecule has 0 amide bonds. The van der Waals surface area contributed by atoms with Crippen LogP contribution in [0.5, 0.6) is 0 Å². The Morgan fingerprint density at radius 2 is 1.96 bits per heavy atom.